The van der Waals surface area contributed by atoms with E-state index in [9.17, 15) is 66.3 Å². The van der Waals surface area contributed by atoms with Crippen LogP contribution in [-0.4, -0.2) is 36.8 Å². The summed E-state index contributed by atoms with van der Waals surface area (Å²) in [5.41, 5.74) is -2.18. The molecule has 0 bridgehead atoms. The number of carbonyl (C=O) groups excluding carboxylic acids is 1. The molecule has 0 unspecified atom stereocenters. The van der Waals surface area contributed by atoms with Gasteiger partial charge in [0.15, 0.2) is 35.6 Å². The van der Waals surface area contributed by atoms with Crippen molar-refractivity contribution in [2.24, 2.45) is 0 Å². The van der Waals surface area contributed by atoms with Crippen molar-refractivity contribution in [2.75, 3.05) is 6.61 Å². The Morgan fingerprint density at radius 3 is 1.81 bits per heavy atom. The highest BCUT2D eigenvalue weighted by molar-refractivity contribution is 5.91. The van der Waals surface area contributed by atoms with E-state index in [1.807, 2.05) is 5.92 Å². The fourth-order valence-electron chi connectivity index (χ4n) is 3.01. The molecule has 0 radical (unpaired) electrons. The Morgan fingerprint density at radius 1 is 0.744 bits per heavy atom. The summed E-state index contributed by atoms with van der Waals surface area (Å²) in [6.45, 7) is -3.10. The van der Waals surface area contributed by atoms with E-state index in [-0.39, 0.29) is 16.9 Å². The van der Waals surface area contributed by atoms with Crippen LogP contribution in [0.3, 0.4) is 0 Å². The number of ether oxygens (including phenoxy) is 2. The van der Waals surface area contributed by atoms with Gasteiger partial charge in [0.25, 0.3) is 0 Å². The standard InChI is InChI=1S/C26H10F14O3/c27-15-8-4-12(9-16(15)28)22(41)43-13-5-1-11(2-6-13)3-7-14-17(29)19(31)21(20(32)18(14)30)42-10-24(35,36)26(39,40)25(37,38)23(33)34/h1-2,4-6,8-9,23H,10H2. The van der Waals surface area contributed by atoms with Gasteiger partial charge in [-0.25, -0.2) is 31.1 Å². The van der Waals surface area contributed by atoms with Gasteiger partial charge in [-0.2, -0.15) is 35.1 Å². The van der Waals surface area contributed by atoms with Gasteiger partial charge in [-0.15, -0.1) is 0 Å². The average Bonchev–Trinajstić information content (AvgIpc) is 2.93. The molecule has 0 fully saturated rings. The topological polar surface area (TPSA) is 35.5 Å². The van der Waals surface area contributed by atoms with Crippen LogP contribution in [0.15, 0.2) is 42.5 Å². The number of hydrogen-bond donors (Lipinski definition) is 0. The highest BCUT2D eigenvalue weighted by Crippen LogP contribution is 2.48. The second-order valence-electron chi connectivity index (χ2n) is 8.24. The van der Waals surface area contributed by atoms with Gasteiger partial charge in [0.1, 0.15) is 11.3 Å². The van der Waals surface area contributed by atoms with Gasteiger partial charge < -0.3 is 9.47 Å². The van der Waals surface area contributed by atoms with Crippen molar-refractivity contribution in [3.05, 3.63) is 94.1 Å². The summed E-state index contributed by atoms with van der Waals surface area (Å²) in [6, 6.07) is 6.36. The molecule has 0 aliphatic rings. The second kappa shape index (κ2) is 12.0. The minimum atomic E-state index is -6.82. The zero-order chi connectivity index (χ0) is 32.5. The summed E-state index contributed by atoms with van der Waals surface area (Å²) in [6.07, 6.45) is -5.30. The van der Waals surface area contributed by atoms with E-state index in [1.165, 1.54) is 0 Å². The monoisotopic (exact) mass is 636 g/mol. The van der Waals surface area contributed by atoms with Gasteiger partial charge in [0.05, 0.1) is 5.56 Å². The van der Waals surface area contributed by atoms with Crippen molar-refractivity contribution in [1.29, 1.82) is 0 Å². The highest BCUT2D eigenvalue weighted by atomic mass is 19.4. The Hall–Kier alpha value is -4.49. The van der Waals surface area contributed by atoms with Crippen LogP contribution in [-0.2, 0) is 0 Å². The largest absolute Gasteiger partial charge is 0.481 e. The van der Waals surface area contributed by atoms with Crippen LogP contribution in [0.25, 0.3) is 0 Å². The number of alkyl halides is 8. The van der Waals surface area contributed by atoms with Gasteiger partial charge in [-0.05, 0) is 42.5 Å². The molecule has 230 valence electrons. The Kier molecular flexibility index (Phi) is 9.23. The molecule has 0 N–H and O–H groups in total. The predicted octanol–water partition coefficient (Wildman–Crippen LogP) is 7.69. The average molecular weight is 636 g/mol. The maximum Gasteiger partial charge on any atom is 0.381 e. The van der Waals surface area contributed by atoms with Crippen LogP contribution in [0, 0.1) is 46.7 Å². The first-order chi connectivity index (χ1) is 19.8. The van der Waals surface area contributed by atoms with Gasteiger partial charge >= 0.3 is 30.2 Å². The quantitative estimate of drug-likeness (QED) is 0.0837. The maximum absolute atomic E-state index is 14.4. The molecule has 3 aromatic rings. The number of hydrogen-bond acceptors (Lipinski definition) is 3. The first kappa shape index (κ1) is 33.0. The Morgan fingerprint density at radius 2 is 1.30 bits per heavy atom. The number of benzene rings is 3. The van der Waals surface area contributed by atoms with Crippen LogP contribution in [0.4, 0.5) is 61.5 Å². The van der Waals surface area contributed by atoms with Crippen LogP contribution in [0.1, 0.15) is 21.5 Å². The number of carbonyl (C=O) groups is 1. The lowest BCUT2D eigenvalue weighted by Gasteiger charge is -2.32. The van der Waals surface area contributed by atoms with Gasteiger partial charge in [0, 0.05) is 5.56 Å². The van der Waals surface area contributed by atoms with Crippen molar-refractivity contribution in [3.8, 4) is 23.3 Å². The molecule has 3 aromatic carbocycles. The molecule has 17 heteroatoms. The van der Waals surface area contributed by atoms with Crippen molar-refractivity contribution >= 4 is 5.97 Å². The summed E-state index contributed by atoms with van der Waals surface area (Å²) >= 11 is 0. The molecule has 0 amide bonds. The molecule has 0 heterocycles. The summed E-state index contributed by atoms with van der Waals surface area (Å²) in [5.74, 6) is -32.2. The number of rotatable bonds is 8. The highest BCUT2D eigenvalue weighted by Gasteiger charge is 2.75. The molecule has 0 aromatic heterocycles. The Balaban J connectivity index is 1.80. The first-order valence-electron chi connectivity index (χ1n) is 11.0. The van der Waals surface area contributed by atoms with E-state index in [0.717, 1.165) is 30.3 Å². The van der Waals surface area contributed by atoms with E-state index in [0.29, 0.717) is 12.1 Å². The van der Waals surface area contributed by atoms with E-state index >= 15 is 0 Å². The third kappa shape index (κ3) is 6.47. The van der Waals surface area contributed by atoms with Crippen LogP contribution in [0.5, 0.6) is 11.5 Å². The molecule has 43 heavy (non-hydrogen) atoms. The summed E-state index contributed by atoms with van der Waals surface area (Å²) < 4.78 is 196. The van der Waals surface area contributed by atoms with E-state index in [2.05, 4.69) is 4.74 Å². The Bertz CT molecular complexity index is 1560. The van der Waals surface area contributed by atoms with Crippen LogP contribution < -0.4 is 9.47 Å². The second-order valence-corrected chi connectivity index (χ2v) is 8.24. The SMILES string of the molecule is O=C(Oc1ccc(C#Cc2c(F)c(F)c(OCC(F)(F)C(F)(F)C(F)(F)C(F)F)c(F)c2F)cc1)c1ccc(F)c(F)c1. The minimum Gasteiger partial charge on any atom is -0.481 e. The minimum absolute atomic E-state index is 0.144. The van der Waals surface area contributed by atoms with Gasteiger partial charge in [0.2, 0.25) is 11.6 Å². The zero-order valence-electron chi connectivity index (χ0n) is 20.3. The smallest absolute Gasteiger partial charge is 0.381 e. The molecule has 0 aliphatic carbocycles. The molecule has 0 spiro atoms. The molecule has 0 saturated carbocycles. The first-order valence-corrected chi connectivity index (χ1v) is 11.0. The lowest BCUT2D eigenvalue weighted by molar-refractivity contribution is -0.342. The molecule has 0 aliphatic heterocycles. The molecular weight excluding hydrogens is 626 g/mol. The van der Waals surface area contributed by atoms with E-state index in [4.69, 9.17) is 4.74 Å². The normalized spacial score (nSPS) is 12.2. The fourth-order valence-corrected chi connectivity index (χ4v) is 3.01. The summed E-state index contributed by atoms with van der Waals surface area (Å²) in [7, 11) is 0. The van der Waals surface area contributed by atoms with Crippen molar-refractivity contribution in [2.45, 2.75) is 24.2 Å². The third-order valence-electron chi connectivity index (χ3n) is 5.32. The summed E-state index contributed by atoms with van der Waals surface area (Å²) in [4.78, 5) is 12.0. The third-order valence-corrected chi connectivity index (χ3v) is 5.32. The van der Waals surface area contributed by atoms with Crippen LogP contribution >= 0.6 is 0 Å². The Labute approximate surface area is 230 Å². The zero-order valence-corrected chi connectivity index (χ0v) is 20.3. The lowest BCUT2D eigenvalue weighted by atomic mass is 10.1. The van der Waals surface area contributed by atoms with E-state index < -0.39 is 83.0 Å². The summed E-state index contributed by atoms with van der Waals surface area (Å²) in [5, 5.41) is 0. The van der Waals surface area contributed by atoms with Crippen molar-refractivity contribution < 1.29 is 75.7 Å². The van der Waals surface area contributed by atoms with Crippen molar-refractivity contribution in [3.63, 3.8) is 0 Å². The molecule has 0 saturated heterocycles. The number of esters is 1. The maximum atomic E-state index is 14.4. The predicted molar refractivity (Wildman–Crippen MR) is 116 cm³/mol. The van der Waals surface area contributed by atoms with Crippen LogP contribution in [0.2, 0.25) is 0 Å². The number of halogens is 14. The molecule has 3 nitrogen and oxygen atoms in total. The fraction of sp³-hybridized carbons (Fsp3) is 0.192. The van der Waals surface area contributed by atoms with E-state index in [1.54, 1.807) is 5.92 Å². The van der Waals surface area contributed by atoms with Gasteiger partial charge in [-0.1, -0.05) is 11.8 Å². The van der Waals surface area contributed by atoms with Gasteiger partial charge in [-0.3, -0.25) is 0 Å². The van der Waals surface area contributed by atoms with Crippen molar-refractivity contribution in [1.82, 2.24) is 0 Å². The molecular formula is C26H10F14O3. The molecule has 3 rings (SSSR count). The lowest BCUT2D eigenvalue weighted by Crippen LogP contribution is -2.59. The molecule has 0 atom stereocenters.